The molecule has 3 rings (SSSR count). The van der Waals surface area contributed by atoms with E-state index in [0.29, 0.717) is 5.30 Å². The van der Waals surface area contributed by atoms with Gasteiger partial charge < -0.3 is 9.67 Å². The van der Waals surface area contributed by atoms with Gasteiger partial charge in [-0.2, -0.15) is 0 Å². The van der Waals surface area contributed by atoms with Gasteiger partial charge in [-0.15, -0.1) is 0 Å². The van der Waals surface area contributed by atoms with E-state index in [9.17, 15) is 9.67 Å². The molecule has 0 aromatic heterocycles. The van der Waals surface area contributed by atoms with Crippen molar-refractivity contribution in [3.63, 3.8) is 0 Å². The summed E-state index contributed by atoms with van der Waals surface area (Å²) in [6.45, 7) is 0. The van der Waals surface area contributed by atoms with Crippen molar-refractivity contribution in [3.8, 4) is 0 Å². The predicted molar refractivity (Wildman–Crippen MR) is 84.4 cm³/mol. The van der Waals surface area contributed by atoms with E-state index in [0.717, 1.165) is 16.1 Å². The lowest BCUT2D eigenvalue weighted by Gasteiger charge is -2.18. The van der Waals surface area contributed by atoms with Crippen LogP contribution in [0.1, 0.15) is 0 Å². The maximum absolute atomic E-state index is 13.3. The molecule has 0 heterocycles. The topological polar surface area (TPSA) is 37.3 Å². The average Bonchev–Trinajstić information content (AvgIpc) is 2.54. The number of hydrogen-bond acceptors (Lipinski definition) is 2. The molecule has 0 radical (unpaired) electrons. The van der Waals surface area contributed by atoms with E-state index in [4.69, 9.17) is 0 Å². The van der Waals surface area contributed by atoms with E-state index < -0.39 is 7.14 Å². The minimum Gasteiger partial charge on any atom is -0.388 e. The number of aliphatic hydroxyl groups excluding tert-OH is 1. The van der Waals surface area contributed by atoms with Gasteiger partial charge in [0.25, 0.3) is 0 Å². The number of rotatable bonds is 3. The zero-order valence-electron chi connectivity index (χ0n) is 10.9. The average molecular weight is 282 g/mol. The monoisotopic (exact) mass is 282 g/mol. The van der Waals surface area contributed by atoms with E-state index in [1.807, 2.05) is 72.8 Å². The fraction of sp³-hybridized carbons (Fsp3) is 0.0588. The summed E-state index contributed by atoms with van der Waals surface area (Å²) in [6.07, 6.45) is -0.356. The first-order chi connectivity index (χ1) is 9.75. The molecule has 0 amide bonds. The molecule has 1 unspecified atom stereocenters. The van der Waals surface area contributed by atoms with Crippen LogP contribution in [0.4, 0.5) is 0 Å². The van der Waals surface area contributed by atoms with Crippen LogP contribution >= 0.6 is 7.14 Å². The fourth-order valence-corrected chi connectivity index (χ4v) is 4.66. The smallest absolute Gasteiger partial charge is 0.167 e. The normalized spacial score (nSPS) is 14.1. The SMILES string of the molecule is O=P(CO)(c1ccccc1)c1cccc2ccccc12. The molecule has 0 bridgehead atoms. The van der Waals surface area contributed by atoms with Crippen LogP contribution in [0.15, 0.2) is 72.8 Å². The van der Waals surface area contributed by atoms with Crippen molar-refractivity contribution >= 4 is 28.5 Å². The Hall–Kier alpha value is -1.89. The van der Waals surface area contributed by atoms with Crippen molar-refractivity contribution in [3.05, 3.63) is 72.8 Å². The summed E-state index contributed by atoms with van der Waals surface area (Å²) in [7, 11) is -2.99. The van der Waals surface area contributed by atoms with Gasteiger partial charge in [0.2, 0.25) is 0 Å². The van der Waals surface area contributed by atoms with Gasteiger partial charge in [0.15, 0.2) is 7.14 Å². The van der Waals surface area contributed by atoms with E-state index in [2.05, 4.69) is 0 Å². The number of fused-ring (bicyclic) bond motifs is 1. The van der Waals surface area contributed by atoms with E-state index >= 15 is 0 Å². The van der Waals surface area contributed by atoms with Gasteiger partial charge in [0.1, 0.15) is 6.35 Å². The Morgan fingerprint density at radius 3 is 2.20 bits per heavy atom. The molecule has 0 aliphatic rings. The van der Waals surface area contributed by atoms with Crippen molar-refractivity contribution < 1.29 is 9.67 Å². The van der Waals surface area contributed by atoms with Crippen molar-refractivity contribution in [2.75, 3.05) is 6.35 Å². The minimum absolute atomic E-state index is 0.356. The van der Waals surface area contributed by atoms with Gasteiger partial charge >= 0.3 is 0 Å². The molecule has 2 nitrogen and oxygen atoms in total. The van der Waals surface area contributed by atoms with Crippen LogP contribution in [-0.2, 0) is 4.57 Å². The number of benzene rings is 3. The highest BCUT2D eigenvalue weighted by Crippen LogP contribution is 2.43. The van der Waals surface area contributed by atoms with Crippen LogP contribution in [0.3, 0.4) is 0 Å². The highest BCUT2D eigenvalue weighted by Gasteiger charge is 2.27. The van der Waals surface area contributed by atoms with Crippen LogP contribution in [0.5, 0.6) is 0 Å². The van der Waals surface area contributed by atoms with Crippen LogP contribution < -0.4 is 10.6 Å². The van der Waals surface area contributed by atoms with Crippen molar-refractivity contribution in [1.82, 2.24) is 0 Å². The van der Waals surface area contributed by atoms with Gasteiger partial charge in [0.05, 0.1) is 0 Å². The summed E-state index contributed by atoms with van der Waals surface area (Å²) in [5.74, 6) is 0. The molecule has 0 spiro atoms. The van der Waals surface area contributed by atoms with Crippen molar-refractivity contribution in [2.45, 2.75) is 0 Å². The molecule has 1 N–H and O–H groups in total. The molecule has 100 valence electrons. The van der Waals surface area contributed by atoms with Gasteiger partial charge in [-0.3, -0.25) is 0 Å². The maximum Gasteiger partial charge on any atom is 0.167 e. The molecule has 3 aromatic rings. The van der Waals surface area contributed by atoms with Crippen molar-refractivity contribution in [1.29, 1.82) is 0 Å². The third-order valence-electron chi connectivity index (χ3n) is 3.53. The Bertz CT molecular complexity index is 776. The summed E-state index contributed by atoms with van der Waals surface area (Å²) < 4.78 is 13.3. The van der Waals surface area contributed by atoms with E-state index in [1.165, 1.54) is 0 Å². The van der Waals surface area contributed by atoms with Crippen LogP contribution in [0.2, 0.25) is 0 Å². The zero-order valence-corrected chi connectivity index (χ0v) is 11.8. The number of hydrogen-bond donors (Lipinski definition) is 1. The lowest BCUT2D eigenvalue weighted by atomic mass is 10.1. The molecule has 3 aromatic carbocycles. The van der Waals surface area contributed by atoms with Crippen LogP contribution in [-0.4, -0.2) is 11.5 Å². The summed E-state index contributed by atoms with van der Waals surface area (Å²) in [4.78, 5) is 0. The third-order valence-corrected chi connectivity index (χ3v) is 6.23. The molecule has 20 heavy (non-hydrogen) atoms. The molecule has 1 atom stereocenters. The molecule has 0 saturated carbocycles. The highest BCUT2D eigenvalue weighted by atomic mass is 31.2. The Morgan fingerprint density at radius 2 is 1.45 bits per heavy atom. The Morgan fingerprint density at radius 1 is 0.800 bits per heavy atom. The van der Waals surface area contributed by atoms with E-state index in [1.54, 1.807) is 0 Å². The highest BCUT2D eigenvalue weighted by molar-refractivity contribution is 7.79. The Kier molecular flexibility index (Phi) is 3.43. The first kappa shape index (κ1) is 13.1. The van der Waals surface area contributed by atoms with Gasteiger partial charge in [0, 0.05) is 10.6 Å². The zero-order chi connectivity index (χ0) is 14.0. The molecule has 0 saturated heterocycles. The molecule has 0 aliphatic heterocycles. The van der Waals surface area contributed by atoms with E-state index in [-0.39, 0.29) is 6.35 Å². The summed E-state index contributed by atoms with van der Waals surface area (Å²) in [5.41, 5.74) is 0. The van der Waals surface area contributed by atoms with Gasteiger partial charge in [-0.1, -0.05) is 72.8 Å². The molecule has 0 aliphatic carbocycles. The second kappa shape index (κ2) is 5.24. The standard InChI is InChI=1S/C17H15O2P/c18-13-20(19,15-9-2-1-3-10-15)17-12-6-8-14-7-4-5-11-16(14)17/h1-12,18H,13H2. The van der Waals surface area contributed by atoms with Crippen LogP contribution in [0.25, 0.3) is 10.8 Å². The van der Waals surface area contributed by atoms with Gasteiger partial charge in [-0.05, 0) is 10.8 Å². The molecule has 3 heteroatoms. The lowest BCUT2D eigenvalue weighted by molar-refractivity contribution is 0.362. The third kappa shape index (κ3) is 2.07. The Labute approximate surface area is 118 Å². The van der Waals surface area contributed by atoms with Crippen LogP contribution in [0, 0.1) is 0 Å². The minimum atomic E-state index is -2.99. The largest absolute Gasteiger partial charge is 0.388 e. The molecule has 0 fully saturated rings. The van der Waals surface area contributed by atoms with Gasteiger partial charge in [-0.25, -0.2) is 0 Å². The Balaban J connectivity index is 2.30. The fourth-order valence-electron chi connectivity index (χ4n) is 2.49. The summed E-state index contributed by atoms with van der Waals surface area (Å²) >= 11 is 0. The second-order valence-corrected chi connectivity index (χ2v) is 7.48. The number of aliphatic hydroxyl groups is 1. The van der Waals surface area contributed by atoms with Crippen molar-refractivity contribution in [2.24, 2.45) is 0 Å². The summed E-state index contributed by atoms with van der Waals surface area (Å²) in [5, 5.41) is 13.2. The second-order valence-electron chi connectivity index (χ2n) is 4.71. The summed E-state index contributed by atoms with van der Waals surface area (Å²) in [6, 6.07) is 22.8. The molecular weight excluding hydrogens is 267 g/mol. The first-order valence-electron chi connectivity index (χ1n) is 6.49. The first-order valence-corrected chi connectivity index (χ1v) is 8.39. The molecular formula is C17H15O2P. The predicted octanol–water partition coefficient (Wildman–Crippen LogP) is 3.10. The lowest BCUT2D eigenvalue weighted by Crippen LogP contribution is -2.19. The quantitative estimate of drug-likeness (QED) is 0.749. The maximum atomic E-state index is 13.3.